The molecule has 27 heavy (non-hydrogen) atoms. The smallest absolute Gasteiger partial charge is 0.309 e. The number of hydrogen-bond acceptors (Lipinski definition) is 5. The first kappa shape index (κ1) is 21.0. The summed E-state index contributed by atoms with van der Waals surface area (Å²) < 4.78 is 10.9. The number of pyridine rings is 1. The third-order valence-corrected chi connectivity index (χ3v) is 4.65. The van der Waals surface area contributed by atoms with Crippen LogP contribution in [0.2, 0.25) is 0 Å². The molecule has 1 N–H and O–H groups in total. The molecule has 0 radical (unpaired) electrons. The summed E-state index contributed by atoms with van der Waals surface area (Å²) in [5.74, 6) is 1.43. The quantitative estimate of drug-likeness (QED) is 0.325. The number of aromatic nitrogens is 1. The van der Waals surface area contributed by atoms with Gasteiger partial charge in [-0.25, -0.2) is 4.98 Å². The SMILES string of the molecule is CCCCOc1ncccc1CNC(=NC)N1CCC(C(=O)OCC)CC1. The van der Waals surface area contributed by atoms with Gasteiger partial charge in [-0.05, 0) is 32.3 Å². The van der Waals surface area contributed by atoms with E-state index in [9.17, 15) is 4.79 Å². The number of carbonyl (C=O) groups excluding carboxylic acids is 1. The standard InChI is InChI=1S/C20H32N4O3/c1-4-6-14-27-18-17(8-7-11-22-18)15-23-20(21-3)24-12-9-16(10-13-24)19(25)26-5-2/h7-8,11,16H,4-6,9-10,12-15H2,1-3H3,(H,21,23). The second kappa shape index (κ2) is 11.4. The van der Waals surface area contributed by atoms with Gasteiger partial charge in [0.1, 0.15) is 0 Å². The molecule has 1 aromatic heterocycles. The van der Waals surface area contributed by atoms with Crippen LogP contribution in [-0.4, -0.2) is 55.2 Å². The molecule has 1 aromatic rings. The minimum Gasteiger partial charge on any atom is -0.477 e. The van der Waals surface area contributed by atoms with Crippen molar-refractivity contribution in [3.63, 3.8) is 0 Å². The normalized spacial score (nSPS) is 15.5. The largest absolute Gasteiger partial charge is 0.477 e. The van der Waals surface area contributed by atoms with Gasteiger partial charge in [0.05, 0.1) is 19.1 Å². The van der Waals surface area contributed by atoms with Gasteiger partial charge >= 0.3 is 5.97 Å². The molecule has 0 spiro atoms. The van der Waals surface area contributed by atoms with Crippen molar-refractivity contribution in [3.8, 4) is 5.88 Å². The van der Waals surface area contributed by atoms with Crippen LogP contribution in [0, 0.1) is 5.92 Å². The lowest BCUT2D eigenvalue weighted by Gasteiger charge is -2.33. The fourth-order valence-corrected chi connectivity index (χ4v) is 3.10. The number of aliphatic imine (C=N–C) groups is 1. The predicted octanol–water partition coefficient (Wildman–Crippen LogP) is 2.61. The molecule has 7 nitrogen and oxygen atoms in total. The Morgan fingerprint density at radius 2 is 2.15 bits per heavy atom. The summed E-state index contributed by atoms with van der Waals surface area (Å²) in [6.07, 6.45) is 5.44. The Hall–Kier alpha value is -2.31. The first-order valence-electron chi connectivity index (χ1n) is 9.88. The van der Waals surface area contributed by atoms with Gasteiger partial charge in [-0.3, -0.25) is 9.79 Å². The zero-order chi connectivity index (χ0) is 19.5. The van der Waals surface area contributed by atoms with E-state index in [-0.39, 0.29) is 11.9 Å². The molecule has 150 valence electrons. The van der Waals surface area contributed by atoms with Crippen LogP contribution in [0.15, 0.2) is 23.3 Å². The van der Waals surface area contributed by atoms with Crippen LogP contribution in [0.5, 0.6) is 5.88 Å². The number of rotatable bonds is 8. The molecule has 1 fully saturated rings. The Morgan fingerprint density at radius 3 is 2.81 bits per heavy atom. The van der Waals surface area contributed by atoms with Crippen molar-refractivity contribution >= 4 is 11.9 Å². The molecule has 0 bridgehead atoms. The predicted molar refractivity (Wildman–Crippen MR) is 106 cm³/mol. The highest BCUT2D eigenvalue weighted by molar-refractivity contribution is 5.80. The summed E-state index contributed by atoms with van der Waals surface area (Å²) in [5.41, 5.74) is 1.01. The van der Waals surface area contributed by atoms with Gasteiger partial charge < -0.3 is 19.7 Å². The highest BCUT2D eigenvalue weighted by Gasteiger charge is 2.27. The van der Waals surface area contributed by atoms with Gasteiger partial charge in [-0.15, -0.1) is 0 Å². The molecule has 1 aliphatic heterocycles. The van der Waals surface area contributed by atoms with Crippen LogP contribution in [0.25, 0.3) is 0 Å². The molecule has 0 aromatic carbocycles. The molecule has 0 amide bonds. The number of nitrogens with zero attached hydrogens (tertiary/aromatic N) is 3. The zero-order valence-corrected chi connectivity index (χ0v) is 16.7. The number of piperidine rings is 1. The van der Waals surface area contributed by atoms with Crippen molar-refractivity contribution in [1.29, 1.82) is 0 Å². The van der Waals surface area contributed by atoms with E-state index in [0.717, 1.165) is 50.3 Å². The van der Waals surface area contributed by atoms with Gasteiger partial charge in [0, 0.05) is 38.4 Å². The number of carbonyl (C=O) groups is 1. The molecular weight excluding hydrogens is 344 g/mol. The third kappa shape index (κ3) is 6.41. The van der Waals surface area contributed by atoms with Gasteiger partial charge in [0.2, 0.25) is 5.88 Å². The number of nitrogens with one attached hydrogen (secondary N) is 1. The number of ether oxygens (including phenoxy) is 2. The number of hydrogen-bond donors (Lipinski definition) is 1. The van der Waals surface area contributed by atoms with Crippen LogP contribution >= 0.6 is 0 Å². The van der Waals surface area contributed by atoms with Crippen molar-refractivity contribution in [3.05, 3.63) is 23.9 Å². The van der Waals surface area contributed by atoms with E-state index in [1.807, 2.05) is 19.1 Å². The zero-order valence-electron chi connectivity index (χ0n) is 16.7. The van der Waals surface area contributed by atoms with Gasteiger partial charge in [0.25, 0.3) is 0 Å². The van der Waals surface area contributed by atoms with Gasteiger partial charge in [-0.1, -0.05) is 19.4 Å². The van der Waals surface area contributed by atoms with Crippen LogP contribution in [-0.2, 0) is 16.1 Å². The highest BCUT2D eigenvalue weighted by Crippen LogP contribution is 2.19. The lowest BCUT2D eigenvalue weighted by Crippen LogP contribution is -2.46. The maximum Gasteiger partial charge on any atom is 0.309 e. The highest BCUT2D eigenvalue weighted by atomic mass is 16.5. The van der Waals surface area contributed by atoms with Crippen LogP contribution in [0.3, 0.4) is 0 Å². The monoisotopic (exact) mass is 376 g/mol. The average Bonchev–Trinajstić information content (AvgIpc) is 2.70. The fourth-order valence-electron chi connectivity index (χ4n) is 3.10. The molecular formula is C20H32N4O3. The Morgan fingerprint density at radius 1 is 1.37 bits per heavy atom. The fraction of sp³-hybridized carbons (Fsp3) is 0.650. The number of likely N-dealkylation sites (tertiary alicyclic amines) is 1. The van der Waals surface area contributed by atoms with Crippen LogP contribution in [0.1, 0.15) is 45.1 Å². The maximum absolute atomic E-state index is 11.9. The van der Waals surface area contributed by atoms with Crippen LogP contribution < -0.4 is 10.1 Å². The third-order valence-electron chi connectivity index (χ3n) is 4.65. The Balaban J connectivity index is 1.87. The van der Waals surface area contributed by atoms with Gasteiger partial charge in [0.15, 0.2) is 5.96 Å². The molecule has 1 aliphatic rings. The van der Waals surface area contributed by atoms with Crippen molar-refractivity contribution in [2.75, 3.05) is 33.4 Å². The number of guanidine groups is 1. The number of unbranched alkanes of at least 4 members (excludes halogenated alkanes) is 1. The van der Waals surface area contributed by atoms with E-state index in [0.29, 0.717) is 25.6 Å². The van der Waals surface area contributed by atoms with E-state index in [4.69, 9.17) is 9.47 Å². The average molecular weight is 377 g/mol. The summed E-state index contributed by atoms with van der Waals surface area (Å²) in [6, 6.07) is 3.93. The minimum absolute atomic E-state index is 0.00352. The van der Waals surface area contributed by atoms with Crippen LogP contribution in [0.4, 0.5) is 0 Å². The molecule has 0 aliphatic carbocycles. The summed E-state index contributed by atoms with van der Waals surface area (Å²) >= 11 is 0. The molecule has 7 heteroatoms. The van der Waals surface area contributed by atoms with Gasteiger partial charge in [-0.2, -0.15) is 0 Å². The second-order valence-electron chi connectivity index (χ2n) is 6.58. The first-order valence-corrected chi connectivity index (χ1v) is 9.88. The molecule has 1 saturated heterocycles. The van der Waals surface area contributed by atoms with E-state index < -0.39 is 0 Å². The summed E-state index contributed by atoms with van der Waals surface area (Å²) in [4.78, 5) is 22.8. The summed E-state index contributed by atoms with van der Waals surface area (Å²) in [6.45, 7) is 7.27. The lowest BCUT2D eigenvalue weighted by molar-refractivity contribution is -0.149. The lowest BCUT2D eigenvalue weighted by atomic mass is 9.97. The van der Waals surface area contributed by atoms with E-state index >= 15 is 0 Å². The van der Waals surface area contributed by atoms with Crippen molar-refractivity contribution in [2.45, 2.75) is 46.1 Å². The van der Waals surface area contributed by atoms with E-state index in [2.05, 4.69) is 27.1 Å². The minimum atomic E-state index is -0.0793. The Bertz CT molecular complexity index is 613. The summed E-state index contributed by atoms with van der Waals surface area (Å²) in [7, 11) is 1.78. The van der Waals surface area contributed by atoms with E-state index in [1.165, 1.54) is 0 Å². The molecule has 0 saturated carbocycles. The molecule has 2 rings (SSSR count). The number of esters is 1. The molecule has 2 heterocycles. The summed E-state index contributed by atoms with van der Waals surface area (Å²) in [5, 5.41) is 3.40. The topological polar surface area (TPSA) is 76.0 Å². The van der Waals surface area contributed by atoms with E-state index in [1.54, 1.807) is 13.2 Å². The Labute approximate surface area is 162 Å². The van der Waals surface area contributed by atoms with Crippen molar-refractivity contribution in [2.24, 2.45) is 10.9 Å². The van der Waals surface area contributed by atoms with Crippen molar-refractivity contribution < 1.29 is 14.3 Å². The Kier molecular flexibility index (Phi) is 8.87. The molecule has 0 unspecified atom stereocenters. The van der Waals surface area contributed by atoms with Crippen molar-refractivity contribution in [1.82, 2.24) is 15.2 Å². The second-order valence-corrected chi connectivity index (χ2v) is 6.58. The first-order chi connectivity index (χ1) is 13.2. The molecule has 0 atom stereocenters. The maximum atomic E-state index is 11.9.